The van der Waals surface area contributed by atoms with Crippen LogP contribution in [0.2, 0.25) is 0 Å². The van der Waals surface area contributed by atoms with Gasteiger partial charge in [-0.2, -0.15) is 0 Å². The maximum atomic E-state index is 13.6. The third-order valence-electron chi connectivity index (χ3n) is 3.96. The Bertz CT molecular complexity index is 915. The first-order valence-electron chi connectivity index (χ1n) is 7.62. The van der Waals surface area contributed by atoms with Crippen LogP contribution in [0.5, 0.6) is 0 Å². The fourth-order valence-electron chi connectivity index (χ4n) is 2.54. The molecule has 3 rings (SSSR count). The van der Waals surface area contributed by atoms with E-state index < -0.39 is 0 Å². The maximum absolute atomic E-state index is 13.6. The van der Waals surface area contributed by atoms with Crippen LogP contribution in [0.3, 0.4) is 0 Å². The average Bonchev–Trinajstić information content (AvgIpc) is 2.54. The van der Waals surface area contributed by atoms with Crippen LogP contribution in [0, 0.1) is 12.7 Å². The van der Waals surface area contributed by atoms with Gasteiger partial charge in [0.15, 0.2) is 0 Å². The van der Waals surface area contributed by atoms with Gasteiger partial charge in [0.1, 0.15) is 11.4 Å². The van der Waals surface area contributed by atoms with E-state index in [1.54, 1.807) is 13.0 Å². The number of hydrogen-bond donors (Lipinski definition) is 1. The molecule has 0 aliphatic rings. The van der Waals surface area contributed by atoms with Crippen molar-refractivity contribution in [2.45, 2.75) is 26.8 Å². The third-order valence-corrected chi connectivity index (χ3v) is 3.96. The monoisotopic (exact) mass is 311 g/mol. The lowest BCUT2D eigenvalue weighted by atomic mass is 10.1. The number of halogens is 1. The van der Waals surface area contributed by atoms with Crippen molar-refractivity contribution in [3.05, 3.63) is 75.4 Å². The second-order valence-corrected chi connectivity index (χ2v) is 5.59. The number of aryl methyl sites for hydroxylation is 2. The molecule has 0 aliphatic heterocycles. The van der Waals surface area contributed by atoms with E-state index in [1.807, 2.05) is 24.3 Å². The molecule has 4 heteroatoms. The Balaban J connectivity index is 1.93. The van der Waals surface area contributed by atoms with Crippen LogP contribution in [0.25, 0.3) is 11.0 Å². The van der Waals surface area contributed by atoms with E-state index in [9.17, 15) is 9.18 Å². The molecule has 1 N–H and O–H groups in total. The first kappa shape index (κ1) is 15.3. The van der Waals surface area contributed by atoms with Crippen LogP contribution in [0.15, 0.2) is 51.7 Å². The summed E-state index contributed by atoms with van der Waals surface area (Å²) in [6.45, 7) is 4.20. The predicted molar refractivity (Wildman–Crippen MR) is 90.3 cm³/mol. The van der Waals surface area contributed by atoms with Crippen molar-refractivity contribution in [2.75, 3.05) is 5.32 Å². The summed E-state index contributed by atoms with van der Waals surface area (Å²) in [5.41, 5.74) is 3.45. The molecule has 0 atom stereocenters. The molecule has 0 fully saturated rings. The molecular formula is C19H18FNO2. The minimum atomic E-state index is -0.377. The van der Waals surface area contributed by atoms with E-state index in [-0.39, 0.29) is 11.4 Å². The van der Waals surface area contributed by atoms with Gasteiger partial charge in [0.25, 0.3) is 0 Å². The molecule has 0 bridgehead atoms. The number of anilines is 1. The molecule has 0 aliphatic carbocycles. The summed E-state index contributed by atoms with van der Waals surface area (Å²) in [5, 5.41) is 4.05. The average molecular weight is 311 g/mol. The Hall–Kier alpha value is -2.62. The van der Waals surface area contributed by atoms with Gasteiger partial charge in [-0.3, -0.25) is 0 Å². The molecule has 23 heavy (non-hydrogen) atoms. The molecule has 3 nitrogen and oxygen atoms in total. The van der Waals surface area contributed by atoms with E-state index >= 15 is 0 Å². The first-order valence-corrected chi connectivity index (χ1v) is 7.62. The Morgan fingerprint density at radius 2 is 1.96 bits per heavy atom. The Labute approximate surface area is 133 Å². The summed E-state index contributed by atoms with van der Waals surface area (Å²) in [6, 6.07) is 12.4. The zero-order valence-corrected chi connectivity index (χ0v) is 13.2. The lowest BCUT2D eigenvalue weighted by Gasteiger charge is -2.10. The molecule has 1 heterocycles. The van der Waals surface area contributed by atoms with Crippen molar-refractivity contribution in [2.24, 2.45) is 0 Å². The topological polar surface area (TPSA) is 42.2 Å². The van der Waals surface area contributed by atoms with Crippen molar-refractivity contribution < 1.29 is 8.81 Å². The Kier molecular flexibility index (Phi) is 4.15. The van der Waals surface area contributed by atoms with Crippen molar-refractivity contribution in [1.29, 1.82) is 0 Å². The predicted octanol–water partition coefficient (Wildman–Crippen LogP) is 4.42. The summed E-state index contributed by atoms with van der Waals surface area (Å²) in [6.07, 6.45) is 0.880. The van der Waals surface area contributed by atoms with Crippen LogP contribution in [0.1, 0.15) is 23.6 Å². The summed E-state index contributed by atoms with van der Waals surface area (Å²) < 4.78 is 18.9. The molecule has 0 spiro atoms. The quantitative estimate of drug-likeness (QED) is 0.725. The molecule has 3 aromatic rings. The standard InChI is InChI=1S/C19H18FNO2/c1-3-13-5-7-16-14(9-19(22)23-18(16)8-13)11-21-15-6-4-12(2)17(20)10-15/h4-10,21H,3,11H2,1-2H3. The van der Waals surface area contributed by atoms with Gasteiger partial charge < -0.3 is 9.73 Å². The highest BCUT2D eigenvalue weighted by Gasteiger charge is 2.07. The molecule has 0 radical (unpaired) electrons. The lowest BCUT2D eigenvalue weighted by molar-refractivity contribution is 0.558. The van der Waals surface area contributed by atoms with Gasteiger partial charge >= 0.3 is 5.63 Å². The van der Waals surface area contributed by atoms with E-state index in [2.05, 4.69) is 12.2 Å². The fraction of sp³-hybridized carbons (Fsp3) is 0.211. The number of fused-ring (bicyclic) bond motifs is 1. The summed E-state index contributed by atoms with van der Waals surface area (Å²) in [5.74, 6) is -0.250. The molecule has 0 amide bonds. The SMILES string of the molecule is CCc1ccc2c(CNc3ccc(C)c(F)c3)cc(=O)oc2c1. The van der Waals surface area contributed by atoms with Gasteiger partial charge in [-0.25, -0.2) is 9.18 Å². The van der Waals surface area contributed by atoms with Gasteiger partial charge in [0, 0.05) is 23.7 Å². The second kappa shape index (κ2) is 6.24. The largest absolute Gasteiger partial charge is 0.423 e. The highest BCUT2D eigenvalue weighted by atomic mass is 19.1. The van der Waals surface area contributed by atoms with Gasteiger partial charge in [-0.1, -0.05) is 25.1 Å². The number of nitrogens with one attached hydrogen (secondary N) is 1. The maximum Gasteiger partial charge on any atom is 0.336 e. The van der Waals surface area contributed by atoms with Crippen LogP contribution in [-0.2, 0) is 13.0 Å². The Morgan fingerprint density at radius 1 is 1.13 bits per heavy atom. The Morgan fingerprint density at radius 3 is 2.70 bits per heavy atom. The molecular weight excluding hydrogens is 293 g/mol. The van der Waals surface area contributed by atoms with Crippen molar-refractivity contribution in [1.82, 2.24) is 0 Å². The minimum Gasteiger partial charge on any atom is -0.423 e. The van der Waals surface area contributed by atoms with Crippen LogP contribution >= 0.6 is 0 Å². The highest BCUT2D eigenvalue weighted by molar-refractivity contribution is 5.81. The van der Waals surface area contributed by atoms with Gasteiger partial charge in [-0.15, -0.1) is 0 Å². The van der Waals surface area contributed by atoms with Gasteiger partial charge in [0.05, 0.1) is 0 Å². The fourth-order valence-corrected chi connectivity index (χ4v) is 2.54. The third kappa shape index (κ3) is 3.26. The lowest BCUT2D eigenvalue weighted by Crippen LogP contribution is -2.06. The summed E-state index contributed by atoms with van der Waals surface area (Å²) in [4.78, 5) is 11.8. The molecule has 2 aromatic carbocycles. The second-order valence-electron chi connectivity index (χ2n) is 5.59. The van der Waals surface area contributed by atoms with Crippen molar-refractivity contribution in [3.8, 4) is 0 Å². The van der Waals surface area contributed by atoms with Crippen molar-refractivity contribution in [3.63, 3.8) is 0 Å². The minimum absolute atomic E-state index is 0.250. The van der Waals surface area contributed by atoms with E-state index in [1.165, 1.54) is 12.1 Å². The van der Waals surface area contributed by atoms with Crippen LogP contribution in [0.4, 0.5) is 10.1 Å². The summed E-state index contributed by atoms with van der Waals surface area (Å²) >= 11 is 0. The van der Waals surface area contributed by atoms with E-state index in [0.29, 0.717) is 23.4 Å². The van der Waals surface area contributed by atoms with E-state index in [0.717, 1.165) is 22.9 Å². The highest BCUT2D eigenvalue weighted by Crippen LogP contribution is 2.21. The van der Waals surface area contributed by atoms with Crippen molar-refractivity contribution >= 4 is 16.7 Å². The molecule has 118 valence electrons. The summed E-state index contributed by atoms with van der Waals surface area (Å²) in [7, 11) is 0. The van der Waals surface area contributed by atoms with Crippen LogP contribution in [-0.4, -0.2) is 0 Å². The molecule has 0 saturated heterocycles. The normalized spacial score (nSPS) is 10.9. The molecule has 1 aromatic heterocycles. The number of hydrogen-bond acceptors (Lipinski definition) is 3. The molecule has 0 unspecified atom stereocenters. The number of rotatable bonds is 4. The first-order chi connectivity index (χ1) is 11.1. The van der Waals surface area contributed by atoms with Crippen LogP contribution < -0.4 is 10.9 Å². The smallest absolute Gasteiger partial charge is 0.336 e. The number of benzene rings is 2. The zero-order chi connectivity index (χ0) is 16.4. The van der Waals surface area contributed by atoms with Gasteiger partial charge in [-0.05, 0) is 48.2 Å². The molecule has 0 saturated carbocycles. The zero-order valence-electron chi connectivity index (χ0n) is 13.2. The van der Waals surface area contributed by atoms with E-state index in [4.69, 9.17) is 4.42 Å². The van der Waals surface area contributed by atoms with Gasteiger partial charge in [0.2, 0.25) is 0 Å².